The number of piperazine rings is 1. The average Bonchev–Trinajstić information content (AvgIpc) is 2.93. The van der Waals surface area contributed by atoms with Gasteiger partial charge < -0.3 is 19.3 Å². The summed E-state index contributed by atoms with van der Waals surface area (Å²) in [5.41, 5.74) is 6.83. The number of aromatic nitrogens is 1. The van der Waals surface area contributed by atoms with E-state index in [9.17, 15) is 4.79 Å². The minimum atomic E-state index is -0.0214. The quantitative estimate of drug-likeness (QED) is 0.376. The first kappa shape index (κ1) is 22.4. The number of fused-ring (bicyclic) bond motifs is 2. The minimum absolute atomic E-state index is 0.0214. The van der Waals surface area contributed by atoms with Crippen LogP contribution in [0.1, 0.15) is 27.0 Å². The van der Waals surface area contributed by atoms with Crippen LogP contribution in [0.2, 0.25) is 0 Å². The van der Waals surface area contributed by atoms with E-state index in [2.05, 4.69) is 46.8 Å². The van der Waals surface area contributed by atoms with Crippen molar-refractivity contribution in [2.24, 2.45) is 0 Å². The predicted molar refractivity (Wildman–Crippen MR) is 143 cm³/mol. The van der Waals surface area contributed by atoms with Crippen LogP contribution >= 0.6 is 0 Å². The summed E-state index contributed by atoms with van der Waals surface area (Å²) in [5.74, 6) is 1.39. The highest BCUT2D eigenvalue weighted by Gasteiger charge is 2.27. The summed E-state index contributed by atoms with van der Waals surface area (Å²) in [4.78, 5) is 23.1. The van der Waals surface area contributed by atoms with Gasteiger partial charge in [-0.05, 0) is 37.1 Å². The molecule has 0 unspecified atom stereocenters. The molecular formula is C30H29N3O3. The highest BCUT2D eigenvalue weighted by Crippen LogP contribution is 2.40. The summed E-state index contributed by atoms with van der Waals surface area (Å²) in [6.07, 6.45) is 1.72. The molecular weight excluding hydrogens is 450 g/mol. The van der Waals surface area contributed by atoms with Gasteiger partial charge in [-0.25, -0.2) is 0 Å². The molecule has 0 spiro atoms. The van der Waals surface area contributed by atoms with E-state index in [1.807, 2.05) is 42.5 Å². The SMILES string of the molecule is Cc1ccc(C)c(N2CCN(c3c(C(=O)c4ccccc4)cnc4cc5c(cc34)OCCO5)CC2)c1. The van der Waals surface area contributed by atoms with E-state index in [0.29, 0.717) is 35.8 Å². The fraction of sp³-hybridized carbons (Fsp3) is 0.267. The number of ketones is 1. The Morgan fingerprint density at radius 2 is 1.53 bits per heavy atom. The molecule has 0 atom stereocenters. The lowest BCUT2D eigenvalue weighted by molar-refractivity contribution is 0.103. The van der Waals surface area contributed by atoms with Crippen molar-refractivity contribution in [3.8, 4) is 11.5 Å². The molecule has 1 fully saturated rings. The number of hydrogen-bond donors (Lipinski definition) is 0. The van der Waals surface area contributed by atoms with Gasteiger partial charge in [-0.2, -0.15) is 0 Å². The monoisotopic (exact) mass is 479 g/mol. The van der Waals surface area contributed by atoms with Crippen LogP contribution in [-0.4, -0.2) is 50.2 Å². The largest absolute Gasteiger partial charge is 0.486 e. The van der Waals surface area contributed by atoms with Gasteiger partial charge in [0.2, 0.25) is 0 Å². The molecule has 3 aromatic carbocycles. The van der Waals surface area contributed by atoms with Crippen molar-refractivity contribution in [2.75, 3.05) is 49.2 Å². The van der Waals surface area contributed by atoms with Gasteiger partial charge in [-0.3, -0.25) is 9.78 Å². The van der Waals surface area contributed by atoms with Crippen LogP contribution in [-0.2, 0) is 0 Å². The van der Waals surface area contributed by atoms with Crippen LogP contribution < -0.4 is 19.3 Å². The van der Waals surface area contributed by atoms with Crippen molar-refractivity contribution >= 4 is 28.1 Å². The number of carbonyl (C=O) groups excluding carboxylic acids is 1. The summed E-state index contributed by atoms with van der Waals surface area (Å²) >= 11 is 0. The molecule has 0 N–H and O–H groups in total. The Kier molecular flexibility index (Phi) is 5.72. The molecule has 2 aliphatic heterocycles. The summed E-state index contributed by atoms with van der Waals surface area (Å²) in [5, 5.41) is 0.918. The van der Waals surface area contributed by atoms with Crippen LogP contribution in [0.25, 0.3) is 10.9 Å². The molecule has 182 valence electrons. The molecule has 4 aromatic rings. The first-order chi connectivity index (χ1) is 17.6. The Balaban J connectivity index is 1.41. The van der Waals surface area contributed by atoms with Gasteiger partial charge in [0.1, 0.15) is 13.2 Å². The number of aryl methyl sites for hydroxylation is 2. The number of nitrogens with zero attached hydrogens (tertiary/aromatic N) is 3. The number of rotatable bonds is 4. The third-order valence-electron chi connectivity index (χ3n) is 7.09. The summed E-state index contributed by atoms with van der Waals surface area (Å²) in [7, 11) is 0. The van der Waals surface area contributed by atoms with Gasteiger partial charge in [0, 0.05) is 55.1 Å². The van der Waals surface area contributed by atoms with Crippen LogP contribution in [0, 0.1) is 13.8 Å². The molecule has 2 aliphatic rings. The van der Waals surface area contributed by atoms with Crippen molar-refractivity contribution in [3.05, 3.63) is 89.1 Å². The molecule has 6 rings (SSSR count). The van der Waals surface area contributed by atoms with E-state index in [4.69, 9.17) is 9.47 Å². The van der Waals surface area contributed by atoms with Crippen molar-refractivity contribution in [1.82, 2.24) is 4.98 Å². The number of ether oxygens (including phenoxy) is 2. The lowest BCUT2D eigenvalue weighted by atomic mass is 9.99. The second-order valence-electron chi connectivity index (χ2n) is 9.49. The Morgan fingerprint density at radius 1 is 0.833 bits per heavy atom. The topological polar surface area (TPSA) is 54.9 Å². The molecule has 0 saturated carbocycles. The first-order valence-electron chi connectivity index (χ1n) is 12.5. The van der Waals surface area contributed by atoms with Crippen LogP contribution in [0.5, 0.6) is 11.5 Å². The zero-order valence-electron chi connectivity index (χ0n) is 20.7. The Bertz CT molecular complexity index is 1440. The molecule has 0 bridgehead atoms. The van der Waals surface area contributed by atoms with Gasteiger partial charge in [-0.1, -0.05) is 42.5 Å². The summed E-state index contributed by atoms with van der Waals surface area (Å²) in [6.45, 7) is 8.69. The standard InChI is InChI=1S/C30H29N3O3/c1-20-8-9-21(2)26(16-20)32-10-12-33(13-11-32)29-23-17-27-28(36-15-14-35-27)18-25(23)31-19-24(29)30(34)22-6-4-3-5-7-22/h3-9,16-19H,10-15H2,1-2H3. The molecule has 1 aromatic heterocycles. The number of carbonyl (C=O) groups is 1. The maximum Gasteiger partial charge on any atom is 0.196 e. The zero-order chi connectivity index (χ0) is 24.6. The van der Waals surface area contributed by atoms with Crippen molar-refractivity contribution in [3.63, 3.8) is 0 Å². The second kappa shape index (κ2) is 9.19. The number of benzene rings is 3. The van der Waals surface area contributed by atoms with Crippen LogP contribution in [0.3, 0.4) is 0 Å². The molecule has 6 nitrogen and oxygen atoms in total. The fourth-order valence-corrected chi connectivity index (χ4v) is 5.20. The Morgan fingerprint density at radius 3 is 2.28 bits per heavy atom. The first-order valence-corrected chi connectivity index (χ1v) is 12.5. The zero-order valence-corrected chi connectivity index (χ0v) is 20.7. The molecule has 0 amide bonds. The fourth-order valence-electron chi connectivity index (χ4n) is 5.20. The number of hydrogen-bond acceptors (Lipinski definition) is 6. The summed E-state index contributed by atoms with van der Waals surface area (Å²) < 4.78 is 11.7. The van der Waals surface area contributed by atoms with Gasteiger partial charge in [0.15, 0.2) is 17.3 Å². The minimum Gasteiger partial charge on any atom is -0.486 e. The second-order valence-corrected chi connectivity index (χ2v) is 9.49. The highest BCUT2D eigenvalue weighted by atomic mass is 16.6. The molecule has 0 aliphatic carbocycles. The maximum atomic E-state index is 13.7. The average molecular weight is 480 g/mol. The lowest BCUT2D eigenvalue weighted by Crippen LogP contribution is -2.47. The number of anilines is 2. The molecule has 3 heterocycles. The van der Waals surface area contributed by atoms with Gasteiger partial charge in [-0.15, -0.1) is 0 Å². The Labute approximate surface area is 211 Å². The molecule has 6 heteroatoms. The molecule has 0 radical (unpaired) electrons. The van der Waals surface area contributed by atoms with E-state index in [1.54, 1.807) is 6.20 Å². The lowest BCUT2D eigenvalue weighted by Gasteiger charge is -2.39. The van der Waals surface area contributed by atoms with Crippen molar-refractivity contribution < 1.29 is 14.3 Å². The van der Waals surface area contributed by atoms with E-state index in [0.717, 1.165) is 42.8 Å². The van der Waals surface area contributed by atoms with E-state index < -0.39 is 0 Å². The smallest absolute Gasteiger partial charge is 0.196 e. The van der Waals surface area contributed by atoms with Crippen LogP contribution in [0.4, 0.5) is 11.4 Å². The number of pyridine rings is 1. The van der Waals surface area contributed by atoms with Gasteiger partial charge in [0.25, 0.3) is 0 Å². The van der Waals surface area contributed by atoms with E-state index in [1.165, 1.54) is 16.8 Å². The highest BCUT2D eigenvalue weighted by molar-refractivity contribution is 6.16. The maximum absolute atomic E-state index is 13.7. The third kappa shape index (κ3) is 4.02. The predicted octanol–water partition coefficient (Wildman–Crippen LogP) is 5.18. The van der Waals surface area contributed by atoms with E-state index >= 15 is 0 Å². The van der Waals surface area contributed by atoms with Crippen LogP contribution in [0.15, 0.2) is 66.9 Å². The third-order valence-corrected chi connectivity index (χ3v) is 7.09. The molecule has 36 heavy (non-hydrogen) atoms. The molecule has 1 saturated heterocycles. The summed E-state index contributed by atoms with van der Waals surface area (Å²) in [6, 6.07) is 20.0. The van der Waals surface area contributed by atoms with Gasteiger partial charge in [0.05, 0.1) is 16.8 Å². The Hall–Kier alpha value is -4.06. The van der Waals surface area contributed by atoms with E-state index in [-0.39, 0.29) is 5.78 Å². The van der Waals surface area contributed by atoms with Crippen molar-refractivity contribution in [2.45, 2.75) is 13.8 Å². The van der Waals surface area contributed by atoms with Gasteiger partial charge >= 0.3 is 0 Å². The van der Waals surface area contributed by atoms with Crippen molar-refractivity contribution in [1.29, 1.82) is 0 Å². The normalized spacial score (nSPS) is 15.3.